The number of fused-ring (bicyclic) bond motifs is 2. The van der Waals surface area contributed by atoms with E-state index in [0.29, 0.717) is 5.92 Å². The van der Waals surface area contributed by atoms with Gasteiger partial charge in [-0.25, -0.2) is 8.42 Å². The minimum atomic E-state index is -2.99. The van der Waals surface area contributed by atoms with E-state index in [0.717, 1.165) is 12.8 Å². The Hall–Kier alpha value is 0.260. The molecule has 0 saturated heterocycles. The Morgan fingerprint density at radius 3 is 2.38 bits per heavy atom. The van der Waals surface area contributed by atoms with Crippen molar-refractivity contribution in [1.29, 1.82) is 0 Å². The summed E-state index contributed by atoms with van der Waals surface area (Å²) in [5.41, 5.74) is 5.96. The van der Waals surface area contributed by atoms with Crippen molar-refractivity contribution in [3.05, 3.63) is 0 Å². The van der Waals surface area contributed by atoms with Gasteiger partial charge in [-0.15, -0.1) is 0 Å². The lowest BCUT2D eigenvalue weighted by molar-refractivity contribution is 0.140. The van der Waals surface area contributed by atoms with Gasteiger partial charge in [0, 0.05) is 23.0 Å². The zero-order valence-corrected chi connectivity index (χ0v) is 11.8. The van der Waals surface area contributed by atoms with Crippen LogP contribution in [0.4, 0.5) is 0 Å². The fourth-order valence-electron chi connectivity index (χ4n) is 4.06. The molecule has 0 spiro atoms. The third kappa shape index (κ3) is 1.47. The average molecular weight is 263 g/mol. The Kier molecular flexibility index (Phi) is 2.69. The first-order chi connectivity index (χ1) is 7.12. The minimum absolute atomic E-state index is 0.0120. The number of nitrogens with two attached hydrogens (primary N) is 1. The van der Waals surface area contributed by atoms with Gasteiger partial charge in [0.05, 0.1) is 5.75 Å². The zero-order chi connectivity index (χ0) is 12.4. The van der Waals surface area contributed by atoms with E-state index >= 15 is 0 Å². The van der Waals surface area contributed by atoms with Gasteiger partial charge in [-0.1, -0.05) is 13.8 Å². The molecule has 0 heterocycles. The molecule has 16 heavy (non-hydrogen) atoms. The lowest BCUT2D eigenvalue weighted by atomic mass is 9.69. The van der Waals surface area contributed by atoms with E-state index in [9.17, 15) is 8.42 Å². The average Bonchev–Trinajstić information content (AvgIpc) is 2.39. The van der Waals surface area contributed by atoms with E-state index in [1.54, 1.807) is 0 Å². The quantitative estimate of drug-likeness (QED) is 0.733. The SMILES string of the molecule is CC1(C)C2CCC1(CS(C)(=O)=O)[C@@H](N)[C@H]2S. The fourth-order valence-corrected chi connectivity index (χ4v) is 6.51. The first kappa shape index (κ1) is 12.7. The molecule has 0 amide bonds. The van der Waals surface area contributed by atoms with Crippen LogP contribution in [0.1, 0.15) is 26.7 Å². The molecule has 2 rings (SSSR count). The van der Waals surface area contributed by atoms with Gasteiger partial charge < -0.3 is 5.73 Å². The highest BCUT2D eigenvalue weighted by Crippen LogP contribution is 2.66. The largest absolute Gasteiger partial charge is 0.326 e. The molecule has 0 radical (unpaired) electrons. The van der Waals surface area contributed by atoms with Crippen LogP contribution >= 0.6 is 12.6 Å². The van der Waals surface area contributed by atoms with Crippen LogP contribution in [0.25, 0.3) is 0 Å². The van der Waals surface area contributed by atoms with Gasteiger partial charge in [-0.05, 0) is 24.2 Å². The molecule has 0 aromatic carbocycles. The lowest BCUT2D eigenvalue weighted by Crippen LogP contribution is -2.50. The topological polar surface area (TPSA) is 60.2 Å². The van der Waals surface area contributed by atoms with Gasteiger partial charge in [-0.2, -0.15) is 12.6 Å². The third-order valence-electron chi connectivity index (χ3n) is 5.05. The summed E-state index contributed by atoms with van der Waals surface area (Å²) in [5, 5.41) is 0.144. The number of sulfone groups is 1. The molecule has 4 atom stereocenters. The molecular formula is C11H21NO2S2. The van der Waals surface area contributed by atoms with Crippen LogP contribution in [0.5, 0.6) is 0 Å². The fraction of sp³-hybridized carbons (Fsp3) is 1.00. The van der Waals surface area contributed by atoms with Crippen molar-refractivity contribution in [2.45, 2.75) is 38.0 Å². The molecule has 3 nitrogen and oxygen atoms in total. The predicted molar refractivity (Wildman–Crippen MR) is 69.4 cm³/mol. The summed E-state index contributed by atoms with van der Waals surface area (Å²) in [6.45, 7) is 4.32. The lowest BCUT2D eigenvalue weighted by Gasteiger charge is -2.40. The number of hydrogen-bond acceptors (Lipinski definition) is 4. The van der Waals surface area contributed by atoms with Crippen LogP contribution in [-0.4, -0.2) is 31.7 Å². The second-order valence-corrected chi connectivity index (χ2v) is 8.85. The Labute approximate surface area is 103 Å². The molecule has 2 unspecified atom stereocenters. The van der Waals surface area contributed by atoms with E-state index in [1.807, 2.05) is 0 Å². The molecule has 94 valence electrons. The van der Waals surface area contributed by atoms with Crippen molar-refractivity contribution in [2.24, 2.45) is 22.5 Å². The summed E-state index contributed by atoms with van der Waals surface area (Å²) in [6.07, 6.45) is 3.30. The second kappa shape index (κ2) is 3.39. The summed E-state index contributed by atoms with van der Waals surface area (Å²) >= 11 is 4.59. The highest BCUT2D eigenvalue weighted by Gasteiger charge is 2.67. The van der Waals surface area contributed by atoms with Crippen LogP contribution < -0.4 is 5.73 Å². The summed E-state index contributed by atoms with van der Waals surface area (Å²) < 4.78 is 23.3. The van der Waals surface area contributed by atoms with Gasteiger partial charge in [0.2, 0.25) is 0 Å². The summed E-state index contributed by atoms with van der Waals surface area (Å²) in [4.78, 5) is 0. The molecule has 2 aliphatic rings. The van der Waals surface area contributed by atoms with Crippen LogP contribution in [0.15, 0.2) is 0 Å². The maximum Gasteiger partial charge on any atom is 0.148 e. The smallest absolute Gasteiger partial charge is 0.148 e. The van der Waals surface area contributed by atoms with Gasteiger partial charge >= 0.3 is 0 Å². The van der Waals surface area contributed by atoms with E-state index in [1.165, 1.54) is 6.26 Å². The first-order valence-electron chi connectivity index (χ1n) is 5.73. The van der Waals surface area contributed by atoms with Gasteiger partial charge in [0.1, 0.15) is 9.84 Å². The second-order valence-electron chi connectivity index (χ2n) is 6.11. The Morgan fingerprint density at radius 2 is 2.00 bits per heavy atom. The number of rotatable bonds is 2. The summed E-state index contributed by atoms with van der Waals surface area (Å²) in [7, 11) is -2.99. The highest BCUT2D eigenvalue weighted by molar-refractivity contribution is 7.90. The van der Waals surface area contributed by atoms with Crippen molar-refractivity contribution < 1.29 is 8.42 Å². The van der Waals surface area contributed by atoms with Crippen molar-refractivity contribution in [1.82, 2.24) is 0 Å². The van der Waals surface area contributed by atoms with Crippen molar-refractivity contribution in [3.63, 3.8) is 0 Å². The molecule has 5 heteroatoms. The normalized spacial score (nSPS) is 46.2. The molecule has 0 aromatic heterocycles. The van der Waals surface area contributed by atoms with Crippen molar-refractivity contribution >= 4 is 22.5 Å². The van der Waals surface area contributed by atoms with E-state index in [2.05, 4.69) is 26.5 Å². The molecular weight excluding hydrogens is 242 g/mol. The van der Waals surface area contributed by atoms with Crippen LogP contribution in [-0.2, 0) is 9.84 Å². The molecule has 0 aliphatic heterocycles. The minimum Gasteiger partial charge on any atom is -0.326 e. The first-order valence-corrected chi connectivity index (χ1v) is 8.31. The third-order valence-corrected chi connectivity index (χ3v) is 6.77. The standard InChI is InChI=1S/C11H21NO2S2/c1-10(2)7-4-5-11(10,6-16(3,13)14)9(12)8(7)15/h7-9,15H,4-6,12H2,1-3H3/t7?,8-,9-,11?/m0/s1. The van der Waals surface area contributed by atoms with Gasteiger partial charge in [-0.3, -0.25) is 0 Å². The van der Waals surface area contributed by atoms with E-state index < -0.39 is 9.84 Å². The summed E-state index contributed by atoms with van der Waals surface area (Å²) in [6, 6.07) is -0.0979. The molecule has 0 aromatic rings. The summed E-state index contributed by atoms with van der Waals surface area (Å²) in [5.74, 6) is 0.662. The van der Waals surface area contributed by atoms with Crippen LogP contribution in [0.2, 0.25) is 0 Å². The molecule has 2 aliphatic carbocycles. The Morgan fingerprint density at radius 1 is 1.44 bits per heavy atom. The van der Waals surface area contributed by atoms with Crippen molar-refractivity contribution in [2.75, 3.05) is 12.0 Å². The van der Waals surface area contributed by atoms with Crippen LogP contribution in [0.3, 0.4) is 0 Å². The Bertz CT molecular complexity index is 404. The van der Waals surface area contributed by atoms with E-state index in [4.69, 9.17) is 5.73 Å². The highest BCUT2D eigenvalue weighted by atomic mass is 32.2. The maximum absolute atomic E-state index is 11.6. The monoisotopic (exact) mass is 263 g/mol. The van der Waals surface area contributed by atoms with Gasteiger partial charge in [0.25, 0.3) is 0 Å². The number of thiol groups is 1. The molecule has 2 bridgehead atoms. The number of hydrogen-bond donors (Lipinski definition) is 2. The predicted octanol–water partition coefficient (Wildman–Crippen LogP) is 1.09. The van der Waals surface area contributed by atoms with E-state index in [-0.39, 0.29) is 27.9 Å². The molecule has 2 fully saturated rings. The van der Waals surface area contributed by atoms with Crippen LogP contribution in [0, 0.1) is 16.7 Å². The molecule has 2 N–H and O–H groups in total. The zero-order valence-electron chi connectivity index (χ0n) is 10.1. The maximum atomic E-state index is 11.6. The van der Waals surface area contributed by atoms with Crippen molar-refractivity contribution in [3.8, 4) is 0 Å². The Balaban J connectivity index is 2.45. The molecule has 2 saturated carbocycles. The van der Waals surface area contributed by atoms with Gasteiger partial charge in [0.15, 0.2) is 0 Å².